The van der Waals surface area contributed by atoms with E-state index < -0.39 is 6.17 Å². The Kier molecular flexibility index (Phi) is 12.1. The molecule has 0 heterocycles. The highest BCUT2D eigenvalue weighted by Crippen LogP contribution is 2.14. The molecular formula is C15H29BrFN3. The van der Waals surface area contributed by atoms with Gasteiger partial charge in [0.05, 0.1) is 0 Å². The Bertz CT molecular complexity index is 274. The third-order valence-corrected chi connectivity index (χ3v) is 3.88. The Morgan fingerprint density at radius 1 is 1.40 bits per heavy atom. The van der Waals surface area contributed by atoms with Crippen molar-refractivity contribution in [2.75, 3.05) is 26.7 Å². The van der Waals surface area contributed by atoms with Crippen LogP contribution < -0.4 is 9.66 Å². The van der Waals surface area contributed by atoms with Crippen LogP contribution >= 0.6 is 16.1 Å². The van der Waals surface area contributed by atoms with Crippen LogP contribution in [-0.4, -0.2) is 43.8 Å². The van der Waals surface area contributed by atoms with E-state index in [9.17, 15) is 4.39 Å². The van der Waals surface area contributed by atoms with Gasteiger partial charge in [0.2, 0.25) is 0 Å². The first-order valence-electron chi connectivity index (χ1n) is 7.31. The molecule has 0 saturated carbocycles. The molecule has 118 valence electrons. The molecule has 0 bridgehead atoms. The molecule has 20 heavy (non-hydrogen) atoms. The average molecular weight is 350 g/mol. The Labute approximate surface area is 132 Å². The molecule has 0 amide bonds. The molecule has 0 saturated heterocycles. The number of hydrogen-bond donors (Lipinski definition) is 2. The van der Waals surface area contributed by atoms with Crippen LogP contribution in [0.1, 0.15) is 32.6 Å². The van der Waals surface area contributed by atoms with E-state index in [2.05, 4.69) is 50.8 Å². The zero-order valence-electron chi connectivity index (χ0n) is 12.8. The third kappa shape index (κ3) is 8.02. The molecule has 0 aromatic rings. The fraction of sp³-hybridized carbons (Fsp3) is 0.733. The molecule has 2 N–H and O–H groups in total. The number of allylic oxidation sites excluding steroid dienone is 1. The molecule has 0 spiro atoms. The van der Waals surface area contributed by atoms with Gasteiger partial charge in [-0.3, -0.25) is 4.90 Å². The lowest BCUT2D eigenvalue weighted by Gasteiger charge is -2.30. The van der Waals surface area contributed by atoms with Crippen LogP contribution in [0.15, 0.2) is 24.9 Å². The zero-order valence-corrected chi connectivity index (χ0v) is 14.4. The third-order valence-electron chi connectivity index (χ3n) is 3.37. The van der Waals surface area contributed by atoms with Crippen LogP contribution in [0.4, 0.5) is 4.39 Å². The maximum absolute atomic E-state index is 13.8. The van der Waals surface area contributed by atoms with Gasteiger partial charge in [-0.2, -0.15) is 0 Å². The van der Waals surface area contributed by atoms with Crippen LogP contribution in [-0.2, 0) is 0 Å². The van der Waals surface area contributed by atoms with Gasteiger partial charge in [-0.15, -0.1) is 6.58 Å². The molecule has 0 aliphatic carbocycles. The summed E-state index contributed by atoms with van der Waals surface area (Å²) in [5.41, 5.74) is 0.380. The van der Waals surface area contributed by atoms with Crippen LogP contribution in [0, 0.1) is 0 Å². The predicted molar refractivity (Wildman–Crippen MR) is 89.7 cm³/mol. The van der Waals surface area contributed by atoms with Crippen molar-refractivity contribution >= 4 is 16.1 Å². The predicted octanol–water partition coefficient (Wildman–Crippen LogP) is 3.39. The van der Waals surface area contributed by atoms with E-state index in [4.69, 9.17) is 0 Å². The lowest BCUT2D eigenvalue weighted by molar-refractivity contribution is 0.193. The minimum absolute atomic E-state index is 0.328. The lowest BCUT2D eigenvalue weighted by Crippen LogP contribution is -2.37. The summed E-state index contributed by atoms with van der Waals surface area (Å²) in [5, 5.41) is 3.15. The average Bonchev–Trinajstić information content (AvgIpc) is 2.47. The molecule has 5 heteroatoms. The van der Waals surface area contributed by atoms with Crippen LogP contribution in [0.2, 0.25) is 0 Å². The molecule has 0 aromatic carbocycles. The molecule has 0 radical (unpaired) electrons. The first-order valence-corrected chi connectivity index (χ1v) is 8.10. The standard InChI is InChI=1S/C15H29BrFN3/c1-5-8-14(6-2)20(11-7-10-18-4)12-9-15(17)13(3)19-16/h6,14-15,18-19H,2-3,5,7-12H2,1,4H3/t14-,15?/m1/s1. The second kappa shape index (κ2) is 12.4. The van der Waals surface area contributed by atoms with Crippen molar-refractivity contribution in [3.05, 3.63) is 24.9 Å². The largest absolute Gasteiger partial charge is 0.324 e. The normalized spacial score (nSPS) is 14.1. The van der Waals surface area contributed by atoms with E-state index >= 15 is 0 Å². The van der Waals surface area contributed by atoms with E-state index in [1.54, 1.807) is 0 Å². The summed E-state index contributed by atoms with van der Waals surface area (Å²) < 4.78 is 16.4. The van der Waals surface area contributed by atoms with Crippen molar-refractivity contribution in [3.8, 4) is 0 Å². The summed E-state index contributed by atoms with van der Waals surface area (Å²) in [7, 11) is 1.95. The maximum atomic E-state index is 13.8. The van der Waals surface area contributed by atoms with Gasteiger partial charge < -0.3 is 9.66 Å². The van der Waals surface area contributed by atoms with Crippen molar-refractivity contribution in [2.24, 2.45) is 0 Å². The highest BCUT2D eigenvalue weighted by molar-refractivity contribution is 9.08. The molecule has 0 aliphatic heterocycles. The van der Waals surface area contributed by atoms with Gasteiger partial charge in [0, 0.05) is 34.4 Å². The maximum Gasteiger partial charge on any atom is 0.141 e. The smallest absolute Gasteiger partial charge is 0.141 e. The number of alkyl halides is 1. The molecule has 0 aromatic heterocycles. The van der Waals surface area contributed by atoms with Crippen molar-refractivity contribution in [1.82, 2.24) is 14.6 Å². The molecular weight excluding hydrogens is 321 g/mol. The summed E-state index contributed by atoms with van der Waals surface area (Å²) in [6.45, 7) is 12.4. The van der Waals surface area contributed by atoms with Gasteiger partial charge in [0.25, 0.3) is 0 Å². The topological polar surface area (TPSA) is 27.3 Å². The number of nitrogens with zero attached hydrogens (tertiary/aromatic N) is 1. The van der Waals surface area contributed by atoms with Gasteiger partial charge in [-0.25, -0.2) is 4.39 Å². The summed E-state index contributed by atoms with van der Waals surface area (Å²) in [4.78, 5) is 2.32. The van der Waals surface area contributed by atoms with Gasteiger partial charge in [-0.1, -0.05) is 26.0 Å². The minimum Gasteiger partial charge on any atom is -0.324 e. The first-order chi connectivity index (χ1) is 9.60. The fourth-order valence-electron chi connectivity index (χ4n) is 2.16. The molecule has 0 fully saturated rings. The SMILES string of the molecule is C=C[C@H](CCC)N(CCCNC)CCC(F)C(=C)NBr. The molecule has 2 atom stereocenters. The second-order valence-corrected chi connectivity index (χ2v) is 5.36. The number of rotatable bonds is 13. The Hall–Kier alpha value is -0.390. The number of halogens is 2. The zero-order chi connectivity index (χ0) is 15.4. The van der Waals surface area contributed by atoms with Crippen molar-refractivity contribution in [2.45, 2.75) is 44.8 Å². The monoisotopic (exact) mass is 349 g/mol. The Morgan fingerprint density at radius 3 is 2.60 bits per heavy atom. The Morgan fingerprint density at radius 2 is 2.10 bits per heavy atom. The first kappa shape index (κ1) is 19.6. The number of hydrogen-bond acceptors (Lipinski definition) is 3. The fourth-order valence-corrected chi connectivity index (χ4v) is 2.41. The molecule has 0 rings (SSSR count). The van der Waals surface area contributed by atoms with Gasteiger partial charge in [-0.05, 0) is 39.4 Å². The van der Waals surface area contributed by atoms with Gasteiger partial charge in [0.1, 0.15) is 6.17 Å². The van der Waals surface area contributed by atoms with Crippen LogP contribution in [0.25, 0.3) is 0 Å². The molecule has 0 aliphatic rings. The molecule has 1 unspecified atom stereocenters. The van der Waals surface area contributed by atoms with Crippen LogP contribution in [0.3, 0.4) is 0 Å². The van der Waals surface area contributed by atoms with E-state index in [1.165, 1.54) is 0 Å². The highest BCUT2D eigenvalue weighted by atomic mass is 79.9. The van der Waals surface area contributed by atoms with E-state index in [-0.39, 0.29) is 0 Å². The number of nitrogens with one attached hydrogen (secondary N) is 2. The van der Waals surface area contributed by atoms with E-state index in [1.807, 2.05) is 13.1 Å². The lowest BCUT2D eigenvalue weighted by atomic mass is 10.1. The summed E-state index contributed by atoms with van der Waals surface area (Å²) in [5.74, 6) is 0. The van der Waals surface area contributed by atoms with Crippen molar-refractivity contribution < 1.29 is 4.39 Å². The second-order valence-electron chi connectivity index (χ2n) is 4.96. The van der Waals surface area contributed by atoms with Crippen LogP contribution in [0.5, 0.6) is 0 Å². The molecule has 3 nitrogen and oxygen atoms in total. The Balaban J connectivity index is 4.42. The highest BCUT2D eigenvalue weighted by Gasteiger charge is 2.17. The van der Waals surface area contributed by atoms with E-state index in [0.29, 0.717) is 18.2 Å². The van der Waals surface area contributed by atoms with E-state index in [0.717, 1.165) is 38.9 Å². The van der Waals surface area contributed by atoms with Gasteiger partial charge >= 0.3 is 0 Å². The van der Waals surface area contributed by atoms with Crippen molar-refractivity contribution in [3.63, 3.8) is 0 Å². The summed E-state index contributed by atoms with van der Waals surface area (Å²) in [6, 6.07) is 0.328. The quantitative estimate of drug-likeness (QED) is 0.303. The summed E-state index contributed by atoms with van der Waals surface area (Å²) >= 11 is 3.01. The minimum atomic E-state index is -1.03. The van der Waals surface area contributed by atoms with Crippen molar-refractivity contribution in [1.29, 1.82) is 0 Å². The van der Waals surface area contributed by atoms with Gasteiger partial charge in [0.15, 0.2) is 0 Å². The summed E-state index contributed by atoms with van der Waals surface area (Å²) in [6.07, 6.45) is 4.62.